The zero-order chi connectivity index (χ0) is 20.6. The molecule has 0 saturated heterocycles. The SMILES string of the molecule is COc1ccc(Cl)cc1NCC1C(c2ccc(-c3ccccc3O)cc2)C1(C)C. The first kappa shape index (κ1) is 19.7. The van der Waals surface area contributed by atoms with Gasteiger partial charge in [0.1, 0.15) is 11.5 Å². The summed E-state index contributed by atoms with van der Waals surface area (Å²) in [4.78, 5) is 0. The molecule has 0 aromatic heterocycles. The van der Waals surface area contributed by atoms with Crippen LogP contribution in [0, 0.1) is 11.3 Å². The van der Waals surface area contributed by atoms with Crippen molar-refractivity contribution in [3.63, 3.8) is 0 Å². The Morgan fingerprint density at radius 1 is 1.03 bits per heavy atom. The van der Waals surface area contributed by atoms with E-state index in [2.05, 4.69) is 43.4 Å². The number of phenols is 1. The Kier molecular flexibility index (Phi) is 5.18. The maximum absolute atomic E-state index is 10.1. The molecule has 0 radical (unpaired) electrons. The van der Waals surface area contributed by atoms with Crippen LogP contribution in [0.2, 0.25) is 5.02 Å². The predicted molar refractivity (Wildman–Crippen MR) is 120 cm³/mol. The summed E-state index contributed by atoms with van der Waals surface area (Å²) in [7, 11) is 1.67. The van der Waals surface area contributed by atoms with Crippen LogP contribution in [0.3, 0.4) is 0 Å². The third-order valence-electron chi connectivity index (χ3n) is 6.21. The van der Waals surface area contributed by atoms with Gasteiger partial charge in [-0.2, -0.15) is 0 Å². The first-order valence-corrected chi connectivity index (χ1v) is 10.3. The lowest BCUT2D eigenvalue weighted by Gasteiger charge is -2.12. The molecular weight excluding hydrogens is 382 g/mol. The van der Waals surface area contributed by atoms with Crippen molar-refractivity contribution in [1.82, 2.24) is 0 Å². The van der Waals surface area contributed by atoms with E-state index in [9.17, 15) is 5.11 Å². The number of nitrogens with one attached hydrogen (secondary N) is 1. The zero-order valence-corrected chi connectivity index (χ0v) is 17.7. The molecule has 2 atom stereocenters. The van der Waals surface area contributed by atoms with E-state index in [0.717, 1.165) is 29.1 Å². The van der Waals surface area contributed by atoms with E-state index in [1.54, 1.807) is 13.2 Å². The lowest BCUT2D eigenvalue weighted by molar-refractivity contribution is 0.416. The van der Waals surface area contributed by atoms with Crippen LogP contribution in [-0.2, 0) is 0 Å². The van der Waals surface area contributed by atoms with Crippen LogP contribution in [0.4, 0.5) is 5.69 Å². The first-order valence-electron chi connectivity index (χ1n) is 9.87. The Balaban J connectivity index is 1.48. The standard InChI is InChI=1S/C25H26ClNO2/c1-25(2)20(15-27-21-14-18(26)12-13-23(21)29-3)24(25)17-10-8-16(9-11-17)19-6-4-5-7-22(19)28/h4-14,20,24,27-28H,15H2,1-3H3. The molecule has 0 heterocycles. The number of phenolic OH excluding ortho intramolecular Hbond substituents is 1. The maximum atomic E-state index is 10.1. The number of hydrogen-bond acceptors (Lipinski definition) is 3. The number of para-hydroxylation sites is 1. The molecule has 2 N–H and O–H groups in total. The van der Waals surface area contributed by atoms with Gasteiger partial charge >= 0.3 is 0 Å². The third kappa shape index (κ3) is 3.79. The molecule has 0 bridgehead atoms. The number of aromatic hydroxyl groups is 1. The molecule has 3 aromatic rings. The highest BCUT2D eigenvalue weighted by molar-refractivity contribution is 6.30. The van der Waals surface area contributed by atoms with Crippen molar-refractivity contribution in [1.29, 1.82) is 0 Å². The number of rotatable bonds is 6. The van der Waals surface area contributed by atoms with Crippen molar-refractivity contribution < 1.29 is 9.84 Å². The number of ether oxygens (including phenoxy) is 1. The third-order valence-corrected chi connectivity index (χ3v) is 6.44. The van der Waals surface area contributed by atoms with Crippen LogP contribution in [-0.4, -0.2) is 18.8 Å². The smallest absolute Gasteiger partial charge is 0.142 e. The minimum Gasteiger partial charge on any atom is -0.507 e. The van der Waals surface area contributed by atoms with E-state index in [1.807, 2.05) is 36.4 Å². The minimum atomic E-state index is 0.217. The van der Waals surface area contributed by atoms with Crippen LogP contribution in [0.15, 0.2) is 66.7 Å². The van der Waals surface area contributed by atoms with Gasteiger partial charge in [-0.3, -0.25) is 0 Å². The second-order valence-electron chi connectivity index (χ2n) is 8.27. The number of benzene rings is 3. The van der Waals surface area contributed by atoms with E-state index in [1.165, 1.54) is 5.56 Å². The van der Waals surface area contributed by atoms with Gasteiger partial charge in [-0.05, 0) is 52.6 Å². The van der Waals surface area contributed by atoms with Gasteiger partial charge in [-0.1, -0.05) is 67.9 Å². The highest BCUT2D eigenvalue weighted by Gasteiger charge is 2.57. The molecule has 1 fully saturated rings. The quantitative estimate of drug-likeness (QED) is 0.485. The zero-order valence-electron chi connectivity index (χ0n) is 16.9. The summed E-state index contributed by atoms with van der Waals surface area (Å²) in [6.45, 7) is 5.49. The fourth-order valence-electron chi connectivity index (χ4n) is 4.41. The predicted octanol–water partition coefficient (Wildman–Crippen LogP) is 6.57. The number of hydrogen-bond donors (Lipinski definition) is 2. The van der Waals surface area contributed by atoms with Gasteiger partial charge in [0.15, 0.2) is 0 Å². The summed E-state index contributed by atoms with van der Waals surface area (Å²) < 4.78 is 5.44. The summed E-state index contributed by atoms with van der Waals surface area (Å²) in [6, 6.07) is 21.7. The monoisotopic (exact) mass is 407 g/mol. The van der Waals surface area contributed by atoms with Gasteiger partial charge in [0.05, 0.1) is 12.8 Å². The van der Waals surface area contributed by atoms with Gasteiger partial charge in [0, 0.05) is 17.1 Å². The first-order chi connectivity index (χ1) is 13.9. The molecular formula is C25H26ClNO2. The summed E-state index contributed by atoms with van der Waals surface area (Å²) in [5.41, 5.74) is 4.37. The summed E-state index contributed by atoms with van der Waals surface area (Å²) in [5, 5.41) is 14.3. The Morgan fingerprint density at radius 2 is 1.76 bits per heavy atom. The van der Waals surface area contributed by atoms with Crippen LogP contribution in [0.25, 0.3) is 11.1 Å². The van der Waals surface area contributed by atoms with E-state index >= 15 is 0 Å². The lowest BCUT2D eigenvalue weighted by Crippen LogP contribution is -2.08. The van der Waals surface area contributed by atoms with E-state index in [4.69, 9.17) is 16.3 Å². The second kappa shape index (κ2) is 7.64. The van der Waals surface area contributed by atoms with Crippen LogP contribution >= 0.6 is 11.6 Å². The molecule has 29 heavy (non-hydrogen) atoms. The Bertz CT molecular complexity index is 1010. The van der Waals surface area contributed by atoms with Crippen LogP contribution < -0.4 is 10.1 Å². The normalized spacial score (nSPS) is 19.6. The molecule has 0 aliphatic heterocycles. The van der Waals surface area contributed by atoms with Gasteiger partial charge < -0.3 is 15.2 Å². The fraction of sp³-hybridized carbons (Fsp3) is 0.280. The van der Waals surface area contributed by atoms with Crippen molar-refractivity contribution in [2.45, 2.75) is 19.8 Å². The van der Waals surface area contributed by atoms with E-state index in [0.29, 0.717) is 22.6 Å². The molecule has 4 rings (SSSR count). The van der Waals surface area contributed by atoms with Crippen LogP contribution in [0.5, 0.6) is 11.5 Å². The van der Waals surface area contributed by atoms with Gasteiger partial charge in [0.2, 0.25) is 0 Å². The molecule has 1 aliphatic rings. The molecule has 3 nitrogen and oxygen atoms in total. The maximum Gasteiger partial charge on any atom is 0.142 e. The van der Waals surface area contributed by atoms with Gasteiger partial charge in [-0.25, -0.2) is 0 Å². The molecule has 4 heteroatoms. The molecule has 150 valence electrons. The van der Waals surface area contributed by atoms with Crippen molar-refractivity contribution in [2.75, 3.05) is 19.0 Å². The average molecular weight is 408 g/mol. The van der Waals surface area contributed by atoms with E-state index < -0.39 is 0 Å². The molecule has 1 saturated carbocycles. The summed E-state index contributed by atoms with van der Waals surface area (Å²) in [6.07, 6.45) is 0. The topological polar surface area (TPSA) is 41.5 Å². The molecule has 0 amide bonds. The Labute approximate surface area is 177 Å². The summed E-state index contributed by atoms with van der Waals surface area (Å²) in [5.74, 6) is 2.11. The second-order valence-corrected chi connectivity index (χ2v) is 8.71. The van der Waals surface area contributed by atoms with Crippen molar-refractivity contribution in [3.8, 4) is 22.6 Å². The Hall–Kier alpha value is -2.65. The largest absolute Gasteiger partial charge is 0.507 e. The van der Waals surface area contributed by atoms with Gasteiger partial charge in [-0.15, -0.1) is 0 Å². The average Bonchev–Trinajstić information content (AvgIpc) is 3.27. The highest BCUT2D eigenvalue weighted by Crippen LogP contribution is 2.64. The fourth-order valence-corrected chi connectivity index (χ4v) is 4.59. The number of halogens is 1. The molecule has 3 aromatic carbocycles. The highest BCUT2D eigenvalue weighted by atomic mass is 35.5. The van der Waals surface area contributed by atoms with Crippen molar-refractivity contribution in [2.24, 2.45) is 11.3 Å². The van der Waals surface area contributed by atoms with Crippen molar-refractivity contribution in [3.05, 3.63) is 77.3 Å². The molecule has 1 aliphatic carbocycles. The lowest BCUT2D eigenvalue weighted by atomic mass is 9.99. The minimum absolute atomic E-state index is 0.217. The summed E-state index contributed by atoms with van der Waals surface area (Å²) >= 11 is 6.15. The molecule has 0 spiro atoms. The van der Waals surface area contributed by atoms with Crippen LogP contribution in [0.1, 0.15) is 25.3 Å². The number of methoxy groups -OCH3 is 1. The van der Waals surface area contributed by atoms with Gasteiger partial charge in [0.25, 0.3) is 0 Å². The van der Waals surface area contributed by atoms with Crippen molar-refractivity contribution >= 4 is 17.3 Å². The molecule has 2 unspecified atom stereocenters. The number of anilines is 1. The van der Waals surface area contributed by atoms with E-state index in [-0.39, 0.29) is 5.41 Å². The Morgan fingerprint density at radius 3 is 2.45 bits per heavy atom.